The van der Waals surface area contributed by atoms with Gasteiger partial charge in [-0.05, 0) is 13.8 Å². The second-order valence-corrected chi connectivity index (χ2v) is 3.42. The summed E-state index contributed by atoms with van der Waals surface area (Å²) in [4.78, 5) is 22.8. The van der Waals surface area contributed by atoms with E-state index in [0.29, 0.717) is 18.8 Å². The van der Waals surface area contributed by atoms with Crippen molar-refractivity contribution in [1.29, 1.82) is 0 Å². The lowest BCUT2D eigenvalue weighted by Crippen LogP contribution is -2.37. The van der Waals surface area contributed by atoms with Gasteiger partial charge >= 0.3 is 0 Å². The number of amides is 2. The average molecular weight is 239 g/mol. The third-order valence-corrected chi connectivity index (χ3v) is 2.11. The number of aromatic nitrogens is 2. The molecule has 0 fully saturated rings. The third kappa shape index (κ3) is 3.47. The quantitative estimate of drug-likeness (QED) is 0.635. The Morgan fingerprint density at radius 1 is 1.41 bits per heavy atom. The van der Waals surface area contributed by atoms with Gasteiger partial charge in [0.25, 0.3) is 5.91 Å². The topological polar surface area (TPSA) is 102 Å². The van der Waals surface area contributed by atoms with Crippen molar-refractivity contribution in [3.05, 3.63) is 11.9 Å². The summed E-state index contributed by atoms with van der Waals surface area (Å²) < 4.78 is 1.57. The Kier molecular flexibility index (Phi) is 4.50. The lowest BCUT2D eigenvalue weighted by atomic mass is 10.3. The molecule has 0 aliphatic carbocycles. The van der Waals surface area contributed by atoms with E-state index in [4.69, 9.17) is 5.73 Å². The molecular formula is C10H17N5O2. The highest BCUT2D eigenvalue weighted by Crippen LogP contribution is 2.08. The molecule has 94 valence electrons. The van der Waals surface area contributed by atoms with Crippen LogP contribution in [0.5, 0.6) is 0 Å². The van der Waals surface area contributed by atoms with Crippen LogP contribution in [-0.2, 0) is 11.3 Å². The Morgan fingerprint density at radius 3 is 2.65 bits per heavy atom. The number of nitrogen functional groups attached to an aromatic ring is 1. The van der Waals surface area contributed by atoms with E-state index < -0.39 is 5.91 Å². The maximum Gasteiger partial charge on any atom is 0.274 e. The van der Waals surface area contributed by atoms with Gasteiger partial charge in [-0.3, -0.25) is 14.3 Å². The molecule has 17 heavy (non-hydrogen) atoms. The average Bonchev–Trinajstić information content (AvgIpc) is 2.68. The van der Waals surface area contributed by atoms with Crippen molar-refractivity contribution >= 4 is 17.5 Å². The summed E-state index contributed by atoms with van der Waals surface area (Å²) in [7, 11) is 0. The number of nitrogens with two attached hydrogens (primary N) is 1. The zero-order chi connectivity index (χ0) is 12.8. The Morgan fingerprint density at radius 2 is 2.12 bits per heavy atom. The number of nitrogens with zero attached hydrogens (tertiary/aromatic N) is 2. The molecule has 7 nitrogen and oxygen atoms in total. The number of aryl methyl sites for hydroxylation is 1. The Balaban J connectivity index is 2.57. The van der Waals surface area contributed by atoms with Crippen LogP contribution in [0, 0.1) is 0 Å². The molecule has 0 aliphatic heterocycles. The minimum atomic E-state index is -0.444. The van der Waals surface area contributed by atoms with Gasteiger partial charge in [0.05, 0.1) is 12.2 Å². The number of rotatable bonds is 5. The SMILES string of the molecule is CCNC(=O)CNC(=O)c1nn(CC)cc1N. The summed E-state index contributed by atoms with van der Waals surface area (Å²) in [6, 6.07) is 0. The van der Waals surface area contributed by atoms with Gasteiger partial charge in [0.15, 0.2) is 5.69 Å². The molecule has 1 aromatic rings. The van der Waals surface area contributed by atoms with Gasteiger partial charge in [-0.15, -0.1) is 0 Å². The fraction of sp³-hybridized carbons (Fsp3) is 0.500. The van der Waals surface area contributed by atoms with Crippen molar-refractivity contribution in [3.63, 3.8) is 0 Å². The molecule has 0 saturated heterocycles. The lowest BCUT2D eigenvalue weighted by Gasteiger charge is -2.03. The normalized spacial score (nSPS) is 10.0. The van der Waals surface area contributed by atoms with Gasteiger partial charge < -0.3 is 16.4 Å². The fourth-order valence-corrected chi connectivity index (χ4v) is 1.28. The minimum absolute atomic E-state index is 0.0783. The summed E-state index contributed by atoms with van der Waals surface area (Å²) >= 11 is 0. The number of carbonyl (C=O) groups is 2. The number of anilines is 1. The highest BCUT2D eigenvalue weighted by Gasteiger charge is 2.14. The van der Waals surface area contributed by atoms with Crippen molar-refractivity contribution in [2.75, 3.05) is 18.8 Å². The molecule has 0 aliphatic rings. The van der Waals surface area contributed by atoms with E-state index in [2.05, 4.69) is 15.7 Å². The molecule has 0 aromatic carbocycles. The van der Waals surface area contributed by atoms with E-state index >= 15 is 0 Å². The van der Waals surface area contributed by atoms with Gasteiger partial charge in [-0.1, -0.05) is 0 Å². The lowest BCUT2D eigenvalue weighted by molar-refractivity contribution is -0.120. The van der Waals surface area contributed by atoms with Crippen LogP contribution in [-0.4, -0.2) is 34.7 Å². The van der Waals surface area contributed by atoms with Crippen molar-refractivity contribution in [1.82, 2.24) is 20.4 Å². The number of hydrogen-bond donors (Lipinski definition) is 3. The van der Waals surface area contributed by atoms with Crippen LogP contribution in [0.2, 0.25) is 0 Å². The van der Waals surface area contributed by atoms with Crippen LogP contribution in [0.1, 0.15) is 24.3 Å². The van der Waals surface area contributed by atoms with E-state index in [1.54, 1.807) is 17.8 Å². The van der Waals surface area contributed by atoms with E-state index in [1.165, 1.54) is 0 Å². The predicted octanol–water partition coefficient (Wildman–Crippen LogP) is -0.649. The maximum absolute atomic E-state index is 11.7. The maximum atomic E-state index is 11.7. The first-order chi connectivity index (χ1) is 8.08. The van der Waals surface area contributed by atoms with Crippen LogP contribution in [0.25, 0.3) is 0 Å². The van der Waals surface area contributed by atoms with Crippen molar-refractivity contribution in [3.8, 4) is 0 Å². The molecule has 2 amide bonds. The zero-order valence-electron chi connectivity index (χ0n) is 9.99. The molecule has 1 heterocycles. The standard InChI is InChI=1S/C10H17N5O2/c1-3-12-8(16)5-13-10(17)9-7(11)6-15(4-2)14-9/h6H,3-5,11H2,1-2H3,(H,12,16)(H,13,17). The molecule has 0 unspecified atom stereocenters. The summed E-state index contributed by atoms with van der Waals surface area (Å²) in [5.74, 6) is -0.685. The van der Waals surface area contributed by atoms with Gasteiger partial charge in [-0.25, -0.2) is 0 Å². The van der Waals surface area contributed by atoms with Crippen LogP contribution in [0.3, 0.4) is 0 Å². The van der Waals surface area contributed by atoms with Crippen LogP contribution < -0.4 is 16.4 Å². The molecule has 1 rings (SSSR count). The zero-order valence-corrected chi connectivity index (χ0v) is 9.99. The second-order valence-electron chi connectivity index (χ2n) is 3.42. The first-order valence-electron chi connectivity index (χ1n) is 5.46. The van der Waals surface area contributed by atoms with Gasteiger partial charge in [-0.2, -0.15) is 5.10 Å². The van der Waals surface area contributed by atoms with Crippen molar-refractivity contribution < 1.29 is 9.59 Å². The van der Waals surface area contributed by atoms with E-state index in [9.17, 15) is 9.59 Å². The molecule has 0 spiro atoms. The number of nitrogens with one attached hydrogen (secondary N) is 2. The summed E-state index contributed by atoms with van der Waals surface area (Å²) in [5.41, 5.74) is 6.09. The summed E-state index contributed by atoms with van der Waals surface area (Å²) in [6.07, 6.45) is 1.58. The first kappa shape index (κ1) is 13.0. The largest absolute Gasteiger partial charge is 0.396 e. The number of likely N-dealkylation sites (N-methyl/N-ethyl adjacent to an activating group) is 1. The molecular weight excluding hydrogens is 222 g/mol. The van der Waals surface area contributed by atoms with Crippen molar-refractivity contribution in [2.24, 2.45) is 0 Å². The van der Waals surface area contributed by atoms with E-state index in [0.717, 1.165) is 0 Å². The summed E-state index contributed by atoms with van der Waals surface area (Å²) in [6.45, 7) is 4.78. The molecule has 1 aromatic heterocycles. The number of hydrogen-bond acceptors (Lipinski definition) is 4. The smallest absolute Gasteiger partial charge is 0.274 e. The van der Waals surface area contributed by atoms with Crippen molar-refractivity contribution in [2.45, 2.75) is 20.4 Å². The molecule has 7 heteroatoms. The predicted molar refractivity (Wildman–Crippen MR) is 63.3 cm³/mol. The highest BCUT2D eigenvalue weighted by atomic mass is 16.2. The second kappa shape index (κ2) is 5.88. The Labute approximate surface area is 99.4 Å². The molecule has 4 N–H and O–H groups in total. The molecule has 0 radical (unpaired) electrons. The highest BCUT2D eigenvalue weighted by molar-refractivity contribution is 5.98. The molecule has 0 bridgehead atoms. The van der Waals surface area contributed by atoms with E-state index in [-0.39, 0.29) is 18.1 Å². The molecule has 0 saturated carbocycles. The fourth-order valence-electron chi connectivity index (χ4n) is 1.28. The first-order valence-corrected chi connectivity index (χ1v) is 5.46. The van der Waals surface area contributed by atoms with Gasteiger partial charge in [0, 0.05) is 19.3 Å². The van der Waals surface area contributed by atoms with Crippen LogP contribution in [0.4, 0.5) is 5.69 Å². The molecule has 0 atom stereocenters. The number of carbonyl (C=O) groups excluding carboxylic acids is 2. The Bertz CT molecular complexity index is 413. The van der Waals surface area contributed by atoms with E-state index in [1.807, 2.05) is 6.92 Å². The van der Waals surface area contributed by atoms with Gasteiger partial charge in [0.1, 0.15) is 0 Å². The third-order valence-electron chi connectivity index (χ3n) is 2.11. The van der Waals surface area contributed by atoms with Gasteiger partial charge in [0.2, 0.25) is 5.91 Å². The minimum Gasteiger partial charge on any atom is -0.396 e. The monoisotopic (exact) mass is 239 g/mol. The Hall–Kier alpha value is -2.05. The summed E-state index contributed by atoms with van der Waals surface area (Å²) in [5, 5.41) is 9.03. The van der Waals surface area contributed by atoms with Crippen LogP contribution >= 0.6 is 0 Å². The van der Waals surface area contributed by atoms with Crippen LogP contribution in [0.15, 0.2) is 6.20 Å².